The molecule has 102 valence electrons. The fourth-order valence-electron chi connectivity index (χ4n) is 3.42. The molecule has 2 rings (SSSR count). The zero-order chi connectivity index (χ0) is 13.3. The minimum absolute atomic E-state index is 0.452. The van der Waals surface area contributed by atoms with Crippen molar-refractivity contribution in [3.8, 4) is 0 Å². The fraction of sp³-hybridized carbons (Fsp3) is 0.867. The molecule has 1 unspecified atom stereocenters. The van der Waals surface area contributed by atoms with Gasteiger partial charge in [0.25, 0.3) is 0 Å². The maximum atomic E-state index is 5.74. The molecule has 2 N–H and O–H groups in total. The van der Waals surface area contributed by atoms with Crippen LogP contribution in [-0.4, -0.2) is 11.5 Å². The van der Waals surface area contributed by atoms with Crippen LogP contribution in [0.3, 0.4) is 0 Å². The molecule has 0 aromatic heterocycles. The lowest BCUT2D eigenvalue weighted by Gasteiger charge is -2.38. The number of hydrogen-bond donors (Lipinski definition) is 1. The van der Waals surface area contributed by atoms with Crippen molar-refractivity contribution in [2.45, 2.75) is 59.8 Å². The Morgan fingerprint density at radius 3 is 2.17 bits per heavy atom. The van der Waals surface area contributed by atoms with Crippen molar-refractivity contribution >= 4 is 11.5 Å². The van der Waals surface area contributed by atoms with Crippen molar-refractivity contribution in [2.24, 2.45) is 39.1 Å². The van der Waals surface area contributed by atoms with Crippen LogP contribution in [0.4, 0.5) is 0 Å². The van der Waals surface area contributed by atoms with E-state index < -0.39 is 0 Å². The highest BCUT2D eigenvalue weighted by molar-refractivity contribution is 5.96. The van der Waals surface area contributed by atoms with Crippen molar-refractivity contribution in [3.63, 3.8) is 0 Å². The van der Waals surface area contributed by atoms with E-state index in [0.29, 0.717) is 23.1 Å². The molecule has 0 aromatic carbocycles. The van der Waals surface area contributed by atoms with E-state index in [4.69, 9.17) is 5.73 Å². The molecule has 3 nitrogen and oxygen atoms in total. The second-order valence-corrected chi connectivity index (χ2v) is 7.14. The van der Waals surface area contributed by atoms with E-state index in [1.54, 1.807) is 0 Å². The number of rotatable bonds is 1. The zero-order valence-electron chi connectivity index (χ0n) is 12.2. The molecule has 1 atom stereocenters. The van der Waals surface area contributed by atoms with Crippen LogP contribution in [0.5, 0.6) is 0 Å². The molecule has 0 saturated heterocycles. The summed E-state index contributed by atoms with van der Waals surface area (Å²) < 4.78 is 0. The van der Waals surface area contributed by atoms with Crippen molar-refractivity contribution in [3.05, 3.63) is 0 Å². The smallest absolute Gasteiger partial charge is 0.123 e. The van der Waals surface area contributed by atoms with Crippen LogP contribution in [-0.2, 0) is 0 Å². The number of hydrogen-bond acceptors (Lipinski definition) is 3. The Labute approximate surface area is 111 Å². The van der Waals surface area contributed by atoms with Gasteiger partial charge < -0.3 is 5.73 Å². The van der Waals surface area contributed by atoms with Gasteiger partial charge in [-0.3, -0.25) is 0 Å². The van der Waals surface area contributed by atoms with Crippen molar-refractivity contribution in [2.75, 3.05) is 0 Å². The van der Waals surface area contributed by atoms with Crippen LogP contribution >= 0.6 is 0 Å². The van der Waals surface area contributed by atoms with E-state index in [-0.39, 0.29) is 0 Å². The van der Waals surface area contributed by atoms with Gasteiger partial charge in [0.15, 0.2) is 0 Å². The van der Waals surface area contributed by atoms with Gasteiger partial charge in [-0.1, -0.05) is 27.7 Å². The highest BCUT2D eigenvalue weighted by Gasteiger charge is 2.33. The first-order chi connectivity index (χ1) is 8.38. The summed E-state index contributed by atoms with van der Waals surface area (Å²) in [6.07, 6.45) is 6.11. The molecule has 1 heterocycles. The Morgan fingerprint density at radius 2 is 1.67 bits per heavy atom. The molecule has 2 aliphatic rings. The van der Waals surface area contributed by atoms with Gasteiger partial charge in [-0.05, 0) is 42.9 Å². The Balaban J connectivity index is 1.98. The third kappa shape index (κ3) is 2.93. The van der Waals surface area contributed by atoms with Crippen molar-refractivity contribution in [1.82, 2.24) is 0 Å². The average molecular weight is 249 g/mol. The van der Waals surface area contributed by atoms with Crippen LogP contribution in [0.2, 0.25) is 0 Å². The second-order valence-electron chi connectivity index (χ2n) is 7.14. The minimum atomic E-state index is 0.452. The SMILES string of the molecule is CC1CC(N)=NN=C1C1CCC(C(C)(C)C)CC1. The van der Waals surface area contributed by atoms with Crippen LogP contribution in [0, 0.1) is 23.2 Å². The van der Waals surface area contributed by atoms with E-state index >= 15 is 0 Å². The Hall–Kier alpha value is -0.860. The van der Waals surface area contributed by atoms with Gasteiger partial charge >= 0.3 is 0 Å². The van der Waals surface area contributed by atoms with Crippen LogP contribution in [0.15, 0.2) is 10.2 Å². The average Bonchev–Trinajstić information content (AvgIpc) is 2.28. The first-order valence-electron chi connectivity index (χ1n) is 7.27. The Bertz CT molecular complexity index is 354. The standard InChI is InChI=1S/C15H27N3/c1-10-9-13(16)17-18-14(10)11-5-7-12(8-6-11)15(2,3)4/h10-12H,5-9H2,1-4H3,(H2,16,17). The molecule has 3 heteroatoms. The molecular weight excluding hydrogens is 222 g/mol. The van der Waals surface area contributed by atoms with Crippen molar-refractivity contribution < 1.29 is 0 Å². The summed E-state index contributed by atoms with van der Waals surface area (Å²) in [6, 6.07) is 0. The predicted molar refractivity (Wildman–Crippen MR) is 77.7 cm³/mol. The van der Waals surface area contributed by atoms with E-state index in [1.807, 2.05) is 0 Å². The third-order valence-electron chi connectivity index (χ3n) is 4.68. The zero-order valence-corrected chi connectivity index (χ0v) is 12.2. The second kappa shape index (κ2) is 5.02. The number of nitrogens with two attached hydrogens (primary N) is 1. The van der Waals surface area contributed by atoms with E-state index in [1.165, 1.54) is 31.4 Å². The van der Waals surface area contributed by atoms with Gasteiger partial charge in [0, 0.05) is 18.1 Å². The van der Waals surface area contributed by atoms with Gasteiger partial charge in [0.1, 0.15) is 5.84 Å². The third-order valence-corrected chi connectivity index (χ3v) is 4.68. The monoisotopic (exact) mass is 249 g/mol. The first-order valence-corrected chi connectivity index (χ1v) is 7.27. The fourth-order valence-corrected chi connectivity index (χ4v) is 3.42. The lowest BCUT2D eigenvalue weighted by atomic mass is 9.68. The molecule has 0 radical (unpaired) electrons. The highest BCUT2D eigenvalue weighted by Crippen LogP contribution is 2.41. The van der Waals surface area contributed by atoms with Crippen LogP contribution < -0.4 is 5.73 Å². The van der Waals surface area contributed by atoms with Crippen LogP contribution in [0.25, 0.3) is 0 Å². The summed E-state index contributed by atoms with van der Waals surface area (Å²) in [7, 11) is 0. The molecule has 0 bridgehead atoms. The lowest BCUT2D eigenvalue weighted by Crippen LogP contribution is -2.34. The summed E-state index contributed by atoms with van der Waals surface area (Å²) in [5.74, 6) is 2.69. The molecule has 1 fully saturated rings. The summed E-state index contributed by atoms with van der Waals surface area (Å²) in [5, 5.41) is 8.47. The quantitative estimate of drug-likeness (QED) is 0.758. The van der Waals surface area contributed by atoms with Crippen LogP contribution in [0.1, 0.15) is 59.8 Å². The Kier molecular flexibility index (Phi) is 3.79. The molecule has 0 aromatic rings. The molecule has 0 amide bonds. The maximum absolute atomic E-state index is 5.74. The summed E-state index contributed by atoms with van der Waals surface area (Å²) in [4.78, 5) is 0. The molecule has 1 saturated carbocycles. The van der Waals surface area contributed by atoms with Crippen molar-refractivity contribution in [1.29, 1.82) is 0 Å². The largest absolute Gasteiger partial charge is 0.386 e. The Morgan fingerprint density at radius 1 is 1.06 bits per heavy atom. The number of nitrogens with zero attached hydrogens (tertiary/aromatic N) is 2. The first kappa shape index (κ1) is 13.6. The molecular formula is C15H27N3. The molecule has 0 spiro atoms. The maximum Gasteiger partial charge on any atom is 0.123 e. The lowest BCUT2D eigenvalue weighted by molar-refractivity contribution is 0.166. The van der Waals surface area contributed by atoms with Gasteiger partial charge in [0.05, 0.1) is 0 Å². The van der Waals surface area contributed by atoms with Gasteiger partial charge in [-0.2, -0.15) is 5.10 Å². The summed E-state index contributed by atoms with van der Waals surface area (Å²) in [5.41, 5.74) is 7.49. The minimum Gasteiger partial charge on any atom is -0.386 e. The van der Waals surface area contributed by atoms with E-state index in [9.17, 15) is 0 Å². The highest BCUT2D eigenvalue weighted by atomic mass is 15.2. The van der Waals surface area contributed by atoms with Gasteiger partial charge in [0.2, 0.25) is 0 Å². The molecule has 1 aliphatic heterocycles. The van der Waals surface area contributed by atoms with E-state index in [2.05, 4.69) is 37.9 Å². The normalized spacial score (nSPS) is 33.9. The summed E-state index contributed by atoms with van der Waals surface area (Å²) in [6.45, 7) is 9.33. The van der Waals surface area contributed by atoms with Gasteiger partial charge in [-0.15, -0.1) is 5.10 Å². The molecule has 18 heavy (non-hydrogen) atoms. The molecule has 1 aliphatic carbocycles. The predicted octanol–water partition coefficient (Wildman–Crippen LogP) is 3.59. The summed E-state index contributed by atoms with van der Waals surface area (Å²) >= 11 is 0. The topological polar surface area (TPSA) is 50.7 Å². The van der Waals surface area contributed by atoms with E-state index in [0.717, 1.165) is 12.3 Å². The number of amidine groups is 1. The van der Waals surface area contributed by atoms with Gasteiger partial charge in [-0.25, -0.2) is 0 Å².